The summed E-state index contributed by atoms with van der Waals surface area (Å²) in [4.78, 5) is 11.4. The van der Waals surface area contributed by atoms with Gasteiger partial charge in [0.2, 0.25) is 0 Å². The van der Waals surface area contributed by atoms with E-state index in [0.717, 1.165) is 5.56 Å². The molecule has 1 aliphatic heterocycles. The van der Waals surface area contributed by atoms with Crippen LogP contribution in [-0.2, 0) is 20.8 Å². The van der Waals surface area contributed by atoms with Crippen molar-refractivity contribution in [2.75, 3.05) is 6.61 Å². The molecule has 1 unspecified atom stereocenters. The first kappa shape index (κ1) is 16.7. The highest BCUT2D eigenvalue weighted by Crippen LogP contribution is 2.20. The highest BCUT2D eigenvalue weighted by Gasteiger charge is 2.43. The van der Waals surface area contributed by atoms with E-state index in [0.29, 0.717) is 0 Å². The van der Waals surface area contributed by atoms with Crippen molar-refractivity contribution in [1.82, 2.24) is 0 Å². The van der Waals surface area contributed by atoms with Crippen molar-refractivity contribution >= 4 is 6.16 Å². The van der Waals surface area contributed by atoms with Crippen LogP contribution in [0.2, 0.25) is 0 Å². The molecule has 0 bridgehead atoms. The molecule has 2 rings (SSSR count). The molecule has 1 fully saturated rings. The SMILES string of the molecule is O=C(OCc1ccccc1)OC[C@H]1OC(O)[C@H](O)[C@@H](O)[C@H]1O. The number of benzene rings is 1. The lowest BCUT2D eigenvalue weighted by molar-refractivity contribution is -0.286. The Labute approximate surface area is 126 Å². The van der Waals surface area contributed by atoms with E-state index in [1.807, 2.05) is 6.07 Å². The molecule has 8 heteroatoms. The minimum atomic E-state index is -1.67. The average molecular weight is 314 g/mol. The van der Waals surface area contributed by atoms with E-state index in [1.165, 1.54) is 0 Å². The summed E-state index contributed by atoms with van der Waals surface area (Å²) in [7, 11) is 0. The van der Waals surface area contributed by atoms with Crippen LogP contribution in [0.1, 0.15) is 5.56 Å². The van der Waals surface area contributed by atoms with Crippen molar-refractivity contribution in [3.05, 3.63) is 35.9 Å². The van der Waals surface area contributed by atoms with Crippen molar-refractivity contribution < 1.29 is 39.4 Å². The minimum absolute atomic E-state index is 0.0255. The third-order valence-electron chi connectivity index (χ3n) is 3.25. The fourth-order valence-corrected chi connectivity index (χ4v) is 1.98. The van der Waals surface area contributed by atoms with Crippen molar-refractivity contribution in [1.29, 1.82) is 0 Å². The van der Waals surface area contributed by atoms with Crippen LogP contribution in [0.5, 0.6) is 0 Å². The maximum atomic E-state index is 11.4. The van der Waals surface area contributed by atoms with Gasteiger partial charge in [0.25, 0.3) is 0 Å². The number of ether oxygens (including phenoxy) is 3. The third kappa shape index (κ3) is 4.15. The van der Waals surface area contributed by atoms with Crippen LogP contribution in [0, 0.1) is 0 Å². The second-order valence-corrected chi connectivity index (χ2v) is 4.87. The van der Waals surface area contributed by atoms with Gasteiger partial charge < -0.3 is 34.6 Å². The van der Waals surface area contributed by atoms with E-state index < -0.39 is 43.5 Å². The van der Waals surface area contributed by atoms with Gasteiger partial charge in [-0.3, -0.25) is 0 Å². The monoisotopic (exact) mass is 314 g/mol. The van der Waals surface area contributed by atoms with E-state index in [2.05, 4.69) is 0 Å². The second-order valence-electron chi connectivity index (χ2n) is 4.87. The van der Waals surface area contributed by atoms with Gasteiger partial charge in [-0.05, 0) is 5.56 Å². The van der Waals surface area contributed by atoms with E-state index in [4.69, 9.17) is 14.2 Å². The van der Waals surface area contributed by atoms with Crippen LogP contribution >= 0.6 is 0 Å². The molecule has 0 aliphatic carbocycles. The van der Waals surface area contributed by atoms with E-state index >= 15 is 0 Å². The first-order valence-corrected chi connectivity index (χ1v) is 6.70. The summed E-state index contributed by atoms with van der Waals surface area (Å²) >= 11 is 0. The molecule has 0 aromatic heterocycles. The summed E-state index contributed by atoms with van der Waals surface area (Å²) in [5, 5.41) is 37.8. The van der Waals surface area contributed by atoms with Crippen LogP contribution in [0.15, 0.2) is 30.3 Å². The van der Waals surface area contributed by atoms with Gasteiger partial charge in [-0.25, -0.2) is 4.79 Å². The zero-order valence-corrected chi connectivity index (χ0v) is 11.6. The number of aliphatic hydroxyl groups excluding tert-OH is 4. The lowest BCUT2D eigenvalue weighted by Crippen LogP contribution is -2.58. The normalized spacial score (nSPS) is 31.5. The number of rotatable bonds is 4. The van der Waals surface area contributed by atoms with Gasteiger partial charge in [0.15, 0.2) is 6.29 Å². The molecule has 1 aromatic carbocycles. The van der Waals surface area contributed by atoms with E-state index in [-0.39, 0.29) is 6.61 Å². The molecule has 0 radical (unpaired) electrons. The first-order chi connectivity index (χ1) is 10.5. The average Bonchev–Trinajstić information content (AvgIpc) is 2.54. The summed E-state index contributed by atoms with van der Waals surface area (Å²) in [5.41, 5.74) is 0.780. The molecular weight excluding hydrogens is 296 g/mol. The van der Waals surface area contributed by atoms with Crippen molar-refractivity contribution in [2.24, 2.45) is 0 Å². The molecule has 1 aromatic rings. The van der Waals surface area contributed by atoms with Gasteiger partial charge in [-0.15, -0.1) is 0 Å². The summed E-state index contributed by atoms with van der Waals surface area (Å²) in [5.74, 6) is 0. The van der Waals surface area contributed by atoms with Gasteiger partial charge in [-0.1, -0.05) is 30.3 Å². The fraction of sp³-hybridized carbons (Fsp3) is 0.500. The zero-order valence-electron chi connectivity index (χ0n) is 11.6. The van der Waals surface area contributed by atoms with Crippen LogP contribution in [0.25, 0.3) is 0 Å². The topological polar surface area (TPSA) is 126 Å². The van der Waals surface area contributed by atoms with Crippen LogP contribution in [0.4, 0.5) is 4.79 Å². The van der Waals surface area contributed by atoms with Crippen LogP contribution < -0.4 is 0 Å². The molecule has 1 saturated heterocycles. The Bertz CT molecular complexity index is 479. The Morgan fingerprint density at radius 3 is 2.36 bits per heavy atom. The van der Waals surface area contributed by atoms with Crippen molar-refractivity contribution in [3.8, 4) is 0 Å². The standard InChI is InChI=1S/C14H18O8/c15-10-9(22-13(18)12(17)11(10)16)7-21-14(19)20-6-8-4-2-1-3-5-8/h1-5,9-13,15-18H,6-7H2/t9-,10+,11+,12-,13?/m1/s1. The molecule has 0 spiro atoms. The Morgan fingerprint density at radius 2 is 1.68 bits per heavy atom. The predicted octanol–water partition coefficient (Wildman–Crippen LogP) is -0.860. The smallest absolute Gasteiger partial charge is 0.431 e. The Kier molecular flexibility index (Phi) is 5.69. The molecule has 122 valence electrons. The summed E-state index contributed by atoms with van der Waals surface area (Å²) in [6, 6.07) is 8.97. The van der Waals surface area contributed by atoms with Gasteiger partial charge in [0.05, 0.1) is 0 Å². The van der Waals surface area contributed by atoms with E-state index in [9.17, 15) is 25.2 Å². The lowest BCUT2D eigenvalue weighted by Gasteiger charge is -2.37. The fourth-order valence-electron chi connectivity index (χ4n) is 1.98. The van der Waals surface area contributed by atoms with Crippen LogP contribution in [0.3, 0.4) is 0 Å². The van der Waals surface area contributed by atoms with Crippen LogP contribution in [-0.4, -0.2) is 63.9 Å². The maximum absolute atomic E-state index is 11.4. The lowest BCUT2D eigenvalue weighted by atomic mass is 9.99. The van der Waals surface area contributed by atoms with Crippen molar-refractivity contribution in [3.63, 3.8) is 0 Å². The Hall–Kier alpha value is -1.71. The number of carbonyl (C=O) groups excluding carboxylic acids is 1. The quantitative estimate of drug-likeness (QED) is 0.529. The molecule has 8 nitrogen and oxygen atoms in total. The third-order valence-corrected chi connectivity index (χ3v) is 3.25. The molecule has 0 amide bonds. The van der Waals surface area contributed by atoms with Crippen molar-refractivity contribution in [2.45, 2.75) is 37.3 Å². The zero-order chi connectivity index (χ0) is 16.1. The molecule has 1 aliphatic rings. The minimum Gasteiger partial charge on any atom is -0.431 e. The Morgan fingerprint density at radius 1 is 1.00 bits per heavy atom. The van der Waals surface area contributed by atoms with Gasteiger partial charge in [0.1, 0.15) is 37.6 Å². The molecular formula is C14H18O8. The number of aliphatic hydroxyl groups is 4. The highest BCUT2D eigenvalue weighted by molar-refractivity contribution is 5.59. The molecule has 0 saturated carbocycles. The summed E-state index contributed by atoms with van der Waals surface area (Å²) in [6.45, 7) is -0.409. The largest absolute Gasteiger partial charge is 0.508 e. The maximum Gasteiger partial charge on any atom is 0.508 e. The first-order valence-electron chi connectivity index (χ1n) is 6.70. The van der Waals surface area contributed by atoms with Gasteiger partial charge in [0, 0.05) is 0 Å². The Balaban J connectivity index is 1.76. The number of carbonyl (C=O) groups is 1. The molecule has 1 heterocycles. The predicted molar refractivity (Wildman–Crippen MR) is 71.5 cm³/mol. The summed E-state index contributed by atoms with van der Waals surface area (Å²) < 4.78 is 14.5. The van der Waals surface area contributed by atoms with E-state index in [1.54, 1.807) is 24.3 Å². The number of hydrogen-bond acceptors (Lipinski definition) is 8. The molecule has 5 atom stereocenters. The molecule has 22 heavy (non-hydrogen) atoms. The van der Waals surface area contributed by atoms with Gasteiger partial charge in [-0.2, -0.15) is 0 Å². The highest BCUT2D eigenvalue weighted by atomic mass is 16.7. The summed E-state index contributed by atoms with van der Waals surface area (Å²) in [6.07, 6.45) is -8.55. The molecule has 4 N–H and O–H groups in total. The number of hydrogen-bond donors (Lipinski definition) is 4. The second kappa shape index (κ2) is 7.52. The van der Waals surface area contributed by atoms with Gasteiger partial charge >= 0.3 is 6.16 Å².